The summed E-state index contributed by atoms with van der Waals surface area (Å²) < 4.78 is 42.9. The number of allylic oxidation sites excluding steroid dienone is 2. The minimum absolute atomic E-state index is 0.0231. The van der Waals surface area contributed by atoms with Crippen molar-refractivity contribution in [1.29, 1.82) is 0 Å². The van der Waals surface area contributed by atoms with Crippen LogP contribution in [0.2, 0.25) is 0 Å². The molecular weight excluding hydrogens is 346 g/mol. The van der Waals surface area contributed by atoms with Crippen molar-refractivity contribution in [3.63, 3.8) is 0 Å². The van der Waals surface area contributed by atoms with Crippen LogP contribution in [0.3, 0.4) is 0 Å². The maximum atomic E-state index is 11.3. The molecule has 3 fully saturated rings. The molecule has 0 amide bonds. The second-order valence-corrected chi connectivity index (χ2v) is 8.85. The molecule has 25 heavy (non-hydrogen) atoms. The van der Waals surface area contributed by atoms with E-state index in [1.165, 1.54) is 5.57 Å². The molecule has 2 N–H and O–H groups in total. The van der Waals surface area contributed by atoms with Gasteiger partial charge in [0.15, 0.2) is 0 Å². The van der Waals surface area contributed by atoms with Crippen molar-refractivity contribution >= 4 is 10.4 Å². The van der Waals surface area contributed by atoms with Crippen molar-refractivity contribution in [2.45, 2.75) is 37.2 Å². The zero-order valence-electron chi connectivity index (χ0n) is 13.8. The standard InChI is InChI=1S/C17H21NO6S/c1-18-7-6-17-10-3-5-13(24-25(20,21)22)16(17)23-15-12(19)4-2-9(14(15)17)8-11(10)18/h2-5,10-11,13-16,19H,6-8H2,1H3,(H,20,21,22). The average molecular weight is 367 g/mol. The van der Waals surface area contributed by atoms with Gasteiger partial charge in [0.1, 0.15) is 18.0 Å². The summed E-state index contributed by atoms with van der Waals surface area (Å²) in [5, 5.41) is 10.4. The van der Waals surface area contributed by atoms with Gasteiger partial charge in [0, 0.05) is 23.3 Å². The van der Waals surface area contributed by atoms with Crippen LogP contribution < -0.4 is 0 Å². The predicted octanol–water partition coefficient (Wildman–Crippen LogP) is 1.22. The minimum atomic E-state index is -4.60. The second-order valence-electron chi connectivity index (χ2n) is 7.80. The number of piperidine rings is 1. The van der Waals surface area contributed by atoms with Crippen LogP contribution in [0.5, 0.6) is 0 Å². The Morgan fingerprint density at radius 3 is 2.92 bits per heavy atom. The summed E-state index contributed by atoms with van der Waals surface area (Å²) in [5.41, 5.74) is 0.928. The Bertz CT molecular complexity index is 817. The summed E-state index contributed by atoms with van der Waals surface area (Å²) in [7, 11) is -2.48. The Morgan fingerprint density at radius 1 is 1.36 bits per heavy atom. The van der Waals surface area contributed by atoms with Crippen molar-refractivity contribution < 1.29 is 27.0 Å². The van der Waals surface area contributed by atoms with Crippen molar-refractivity contribution in [1.82, 2.24) is 4.90 Å². The molecule has 5 aliphatic rings. The molecule has 0 aromatic rings. The molecular formula is C17H21NO6S. The highest BCUT2D eigenvalue weighted by atomic mass is 32.3. The van der Waals surface area contributed by atoms with E-state index in [9.17, 15) is 18.1 Å². The molecule has 7 atom stereocenters. The van der Waals surface area contributed by atoms with Crippen LogP contribution in [0, 0.1) is 17.3 Å². The van der Waals surface area contributed by atoms with E-state index in [2.05, 4.69) is 11.9 Å². The van der Waals surface area contributed by atoms with Crippen LogP contribution in [0.15, 0.2) is 35.6 Å². The number of rotatable bonds is 2. The monoisotopic (exact) mass is 367 g/mol. The second kappa shape index (κ2) is 4.95. The van der Waals surface area contributed by atoms with E-state index >= 15 is 0 Å². The normalized spacial score (nSPS) is 47.9. The molecule has 0 aromatic heterocycles. The highest BCUT2D eigenvalue weighted by Crippen LogP contribution is 2.66. The molecule has 8 heteroatoms. The quantitative estimate of drug-likeness (QED) is 0.559. The van der Waals surface area contributed by atoms with Gasteiger partial charge in [-0.2, -0.15) is 8.42 Å². The highest BCUT2D eigenvalue weighted by Gasteiger charge is 2.69. The van der Waals surface area contributed by atoms with E-state index < -0.39 is 28.7 Å². The van der Waals surface area contributed by atoms with Gasteiger partial charge in [-0.1, -0.05) is 23.8 Å². The Morgan fingerprint density at radius 2 is 2.16 bits per heavy atom. The van der Waals surface area contributed by atoms with Gasteiger partial charge in [-0.3, -0.25) is 4.55 Å². The van der Waals surface area contributed by atoms with E-state index in [0.717, 1.165) is 19.4 Å². The Balaban J connectivity index is 1.67. The third-order valence-corrected chi connectivity index (χ3v) is 7.31. The molecule has 2 saturated heterocycles. The summed E-state index contributed by atoms with van der Waals surface area (Å²) in [6.07, 6.45) is 7.28. The van der Waals surface area contributed by atoms with Crippen molar-refractivity contribution in [3.8, 4) is 0 Å². The lowest BCUT2D eigenvalue weighted by molar-refractivity contribution is -0.103. The summed E-state index contributed by atoms with van der Waals surface area (Å²) in [5.74, 6) is 0.407. The SMILES string of the molecule is CN1CCC23C4C=CC(OS(=O)(=O)O)C2OC2C(O)=CC=C(CC41)C23. The zero-order valence-corrected chi connectivity index (χ0v) is 14.6. The van der Waals surface area contributed by atoms with Crippen LogP contribution in [0.25, 0.3) is 0 Å². The first-order chi connectivity index (χ1) is 11.8. The first-order valence-electron chi connectivity index (χ1n) is 8.60. The number of aliphatic hydroxyl groups is 1. The van der Waals surface area contributed by atoms with Gasteiger partial charge in [-0.25, -0.2) is 4.18 Å². The topological polar surface area (TPSA) is 96.3 Å². The van der Waals surface area contributed by atoms with Gasteiger partial charge in [-0.15, -0.1) is 0 Å². The Kier molecular flexibility index (Phi) is 3.17. The molecule has 1 spiro atoms. The molecule has 0 aromatic carbocycles. The fourth-order valence-corrected chi connectivity index (χ4v) is 6.43. The fourth-order valence-electron chi connectivity index (χ4n) is 5.99. The van der Waals surface area contributed by atoms with E-state index in [4.69, 9.17) is 8.92 Å². The molecule has 2 bridgehead atoms. The largest absolute Gasteiger partial charge is 0.510 e. The number of hydrogen-bond acceptors (Lipinski definition) is 6. The zero-order chi connectivity index (χ0) is 17.6. The van der Waals surface area contributed by atoms with Crippen molar-refractivity contribution in [2.75, 3.05) is 13.6 Å². The number of ether oxygens (including phenoxy) is 1. The molecule has 0 radical (unpaired) electrons. The van der Waals surface area contributed by atoms with Crippen LogP contribution in [0.1, 0.15) is 12.8 Å². The van der Waals surface area contributed by atoms with Gasteiger partial charge in [0.05, 0.1) is 6.10 Å². The van der Waals surface area contributed by atoms with Crippen LogP contribution in [0.4, 0.5) is 0 Å². The number of nitrogens with zero attached hydrogens (tertiary/aromatic N) is 1. The maximum absolute atomic E-state index is 11.3. The lowest BCUT2D eigenvalue weighted by Gasteiger charge is -2.60. The van der Waals surface area contributed by atoms with Crippen LogP contribution >= 0.6 is 0 Å². The molecule has 2 aliphatic heterocycles. The lowest BCUT2D eigenvalue weighted by atomic mass is 9.48. The van der Waals surface area contributed by atoms with Crippen LogP contribution in [-0.2, 0) is 19.3 Å². The third-order valence-electron chi connectivity index (χ3n) is 6.85. The molecule has 136 valence electrons. The molecule has 7 nitrogen and oxygen atoms in total. The maximum Gasteiger partial charge on any atom is 0.398 e. The van der Waals surface area contributed by atoms with Gasteiger partial charge in [0.25, 0.3) is 0 Å². The molecule has 1 saturated carbocycles. The van der Waals surface area contributed by atoms with E-state index in [1.807, 2.05) is 12.2 Å². The first kappa shape index (κ1) is 16.0. The first-order valence-corrected chi connectivity index (χ1v) is 9.97. The molecule has 7 unspecified atom stereocenters. The van der Waals surface area contributed by atoms with Gasteiger partial charge in [-0.05, 0) is 32.5 Å². The van der Waals surface area contributed by atoms with Gasteiger partial charge < -0.3 is 14.7 Å². The summed E-state index contributed by atoms with van der Waals surface area (Å²) in [6, 6.07) is 0.317. The number of hydrogen-bond donors (Lipinski definition) is 2. The number of aliphatic hydroxyl groups excluding tert-OH is 1. The minimum Gasteiger partial charge on any atom is -0.510 e. The van der Waals surface area contributed by atoms with E-state index in [0.29, 0.717) is 6.04 Å². The summed E-state index contributed by atoms with van der Waals surface area (Å²) in [4.78, 5) is 2.35. The molecule has 2 heterocycles. The average Bonchev–Trinajstić information content (AvgIpc) is 2.88. The summed E-state index contributed by atoms with van der Waals surface area (Å²) >= 11 is 0. The predicted molar refractivity (Wildman–Crippen MR) is 88.1 cm³/mol. The Labute approximate surface area is 146 Å². The van der Waals surface area contributed by atoms with Crippen molar-refractivity contribution in [2.24, 2.45) is 17.3 Å². The molecule has 3 aliphatic carbocycles. The Hall–Kier alpha value is -1.19. The summed E-state index contributed by atoms with van der Waals surface area (Å²) in [6.45, 7) is 0.883. The molecule has 5 rings (SSSR count). The number of likely N-dealkylation sites (tertiary alicyclic amines) is 1. The fraction of sp³-hybridized carbons (Fsp3) is 0.647. The van der Waals surface area contributed by atoms with Crippen LogP contribution in [-0.4, -0.2) is 60.9 Å². The lowest BCUT2D eigenvalue weighted by Crippen LogP contribution is -2.64. The van der Waals surface area contributed by atoms with Gasteiger partial charge in [0.2, 0.25) is 0 Å². The van der Waals surface area contributed by atoms with E-state index in [1.54, 1.807) is 12.2 Å². The highest BCUT2D eigenvalue weighted by molar-refractivity contribution is 7.80. The third kappa shape index (κ3) is 2.03. The van der Waals surface area contributed by atoms with Gasteiger partial charge >= 0.3 is 10.4 Å². The van der Waals surface area contributed by atoms with E-state index in [-0.39, 0.29) is 23.0 Å². The smallest absolute Gasteiger partial charge is 0.398 e. The van der Waals surface area contributed by atoms with Crippen molar-refractivity contribution in [3.05, 3.63) is 35.6 Å².